The second-order valence-corrected chi connectivity index (χ2v) is 13.8. The fourth-order valence-electron chi connectivity index (χ4n) is 5.02. The summed E-state index contributed by atoms with van der Waals surface area (Å²) in [6.45, 7) is 8.46. The zero-order valence-corrected chi connectivity index (χ0v) is 31.2. The first-order valence-corrected chi connectivity index (χ1v) is 16.6. The summed E-state index contributed by atoms with van der Waals surface area (Å²) < 4.78 is 21.6. The summed E-state index contributed by atoms with van der Waals surface area (Å²) in [4.78, 5) is 26.3. The van der Waals surface area contributed by atoms with Crippen molar-refractivity contribution in [2.75, 3.05) is 11.1 Å². The molecule has 0 saturated heterocycles. The maximum absolute atomic E-state index is 13.8. The molecule has 242 valence electrons. The van der Waals surface area contributed by atoms with Crippen molar-refractivity contribution >= 4 is 45.8 Å². The van der Waals surface area contributed by atoms with E-state index >= 15 is 0 Å². The number of hydrogen-bond donors (Lipinski definition) is 1. The molecule has 0 aromatic heterocycles. The van der Waals surface area contributed by atoms with Crippen LogP contribution in [-0.2, 0) is 30.3 Å². The minimum absolute atomic E-state index is 0. The number of Topliss-reactive ketones (excluding diaryl/α,β-unsaturated/α-hetero) is 1. The van der Waals surface area contributed by atoms with Gasteiger partial charge in [-0.15, -0.1) is 0 Å². The van der Waals surface area contributed by atoms with Crippen molar-refractivity contribution in [2.45, 2.75) is 52.9 Å². The van der Waals surface area contributed by atoms with Crippen LogP contribution in [0.3, 0.4) is 0 Å². The zero-order valence-electron chi connectivity index (χ0n) is 27.6. The van der Waals surface area contributed by atoms with Gasteiger partial charge in [0.2, 0.25) is 5.91 Å². The molecule has 0 aliphatic rings. The van der Waals surface area contributed by atoms with Crippen LogP contribution < -0.4 is 34.9 Å². The molecule has 2 N–H and O–H groups in total. The predicted molar refractivity (Wildman–Crippen MR) is 187 cm³/mol. The molecule has 0 heterocycles. The number of anilines is 1. The topological polar surface area (TPSA) is 110 Å². The van der Waals surface area contributed by atoms with E-state index in [1.165, 1.54) is 0 Å². The summed E-state index contributed by atoms with van der Waals surface area (Å²) in [5.74, 6) is -0.737. The van der Waals surface area contributed by atoms with E-state index in [1.807, 2.05) is 85.8 Å². The number of hydrogen-bond acceptors (Lipinski definition) is 6. The molecule has 0 aliphatic heterocycles. The van der Waals surface area contributed by atoms with E-state index in [9.17, 15) is 18.0 Å². The zero-order chi connectivity index (χ0) is 32.6. The number of carbonyl (C=O) groups excluding carboxylic acids is 2. The van der Waals surface area contributed by atoms with Gasteiger partial charge >= 0.3 is 29.6 Å². The Kier molecular flexibility index (Phi) is 15.8. The molecular weight excluding hydrogens is 641 g/mol. The van der Waals surface area contributed by atoms with Gasteiger partial charge in [0.05, 0.1) is 5.92 Å². The number of amides is 1. The van der Waals surface area contributed by atoms with Crippen molar-refractivity contribution in [1.82, 2.24) is 0 Å². The number of nitrogens with one attached hydrogen (secondary N) is 1. The molecule has 1 amide bonds. The molecule has 0 unspecified atom stereocenters. The summed E-state index contributed by atoms with van der Waals surface area (Å²) in [7, 11) is -2.15. The Morgan fingerprint density at radius 3 is 2.11 bits per heavy atom. The van der Waals surface area contributed by atoms with Crippen molar-refractivity contribution < 1.29 is 53.0 Å². The van der Waals surface area contributed by atoms with Crippen LogP contribution in [0.2, 0.25) is 5.02 Å². The fraction of sp³-hybridized carbons (Fsp3) is 0.263. The van der Waals surface area contributed by atoms with E-state index in [0.29, 0.717) is 29.1 Å². The number of benzene rings is 4. The van der Waals surface area contributed by atoms with Crippen molar-refractivity contribution in [2.24, 2.45) is 5.41 Å². The predicted octanol–water partition coefficient (Wildman–Crippen LogP) is 6.44. The SMILES string of the molecule is Cc1cc(Cl)ccc1-c1ccc(NC(=O)[C@@H](Cc2ccc(C(=O)CCC[S-](=O)=O)cc2)c2ccc(/C=C/C(C)(C)C)cc2)cc1.[Na+].[OH-]. The molecule has 9 heteroatoms. The third kappa shape index (κ3) is 12.5. The van der Waals surface area contributed by atoms with Crippen LogP contribution >= 0.6 is 11.6 Å². The largest absolute Gasteiger partial charge is 1.00 e. The van der Waals surface area contributed by atoms with Crippen LogP contribution in [0, 0.1) is 12.3 Å². The monoisotopic (exact) mass is 680 g/mol. The minimum atomic E-state index is -2.15. The molecular formula is C38H40ClNNaO5S-. The number of aryl methyl sites for hydroxylation is 1. The molecule has 4 rings (SSSR count). The summed E-state index contributed by atoms with van der Waals surface area (Å²) in [6, 6.07) is 28.9. The molecule has 0 spiro atoms. The van der Waals surface area contributed by atoms with E-state index in [4.69, 9.17) is 11.6 Å². The summed E-state index contributed by atoms with van der Waals surface area (Å²) in [5.41, 5.74) is 7.35. The summed E-state index contributed by atoms with van der Waals surface area (Å²) >= 11 is 6.13. The van der Waals surface area contributed by atoms with Crippen molar-refractivity contribution in [1.29, 1.82) is 0 Å². The van der Waals surface area contributed by atoms with E-state index in [0.717, 1.165) is 33.4 Å². The minimum Gasteiger partial charge on any atom is -0.870 e. The average Bonchev–Trinajstić information content (AvgIpc) is 2.99. The number of ketones is 1. The second-order valence-electron chi connectivity index (χ2n) is 12.4. The molecule has 6 nitrogen and oxygen atoms in total. The smallest absolute Gasteiger partial charge is 0.870 e. The van der Waals surface area contributed by atoms with E-state index in [2.05, 4.69) is 38.2 Å². The first kappa shape index (κ1) is 40.1. The van der Waals surface area contributed by atoms with Gasteiger partial charge in [-0.3, -0.25) is 9.59 Å². The third-order valence-electron chi connectivity index (χ3n) is 7.51. The Morgan fingerprint density at radius 2 is 1.53 bits per heavy atom. The van der Waals surface area contributed by atoms with Crippen molar-refractivity contribution in [3.8, 4) is 11.1 Å². The van der Waals surface area contributed by atoms with Gasteiger partial charge in [0.25, 0.3) is 0 Å². The third-order valence-corrected chi connectivity index (χ3v) is 8.37. The molecule has 47 heavy (non-hydrogen) atoms. The van der Waals surface area contributed by atoms with Crippen LogP contribution in [0.1, 0.15) is 72.1 Å². The number of carbonyl (C=O) groups is 2. The molecule has 4 aromatic carbocycles. The molecule has 0 radical (unpaired) electrons. The first-order valence-electron chi connectivity index (χ1n) is 15.0. The van der Waals surface area contributed by atoms with Gasteiger partial charge < -0.3 is 19.2 Å². The standard InChI is InChI=1S/C38H39ClNO4S.Na.H2O/c1-26-24-32(39)17-20-34(26)29-15-18-33(19-16-29)40-37(42)35(30-11-7-27(8-12-30)21-22-38(2,3)4)25-28-9-13-31(14-10-28)36(41)6-5-23-45(43)44;;/h7-22,24,35H,5-6,23,25H2,1-4H3,(H,40,42);;1H2/q-1;+1;/p-1/b22-21+;;/t35-;;/m0../s1. The van der Waals surface area contributed by atoms with Gasteiger partial charge in [-0.1, -0.05) is 134 Å². The van der Waals surface area contributed by atoms with Crippen molar-refractivity contribution in [3.63, 3.8) is 0 Å². The molecule has 0 aliphatic carbocycles. The molecule has 4 aromatic rings. The molecule has 0 fully saturated rings. The normalized spacial score (nSPS) is 11.9. The molecule has 0 saturated carbocycles. The van der Waals surface area contributed by atoms with Gasteiger partial charge in [-0.2, -0.15) is 0 Å². The van der Waals surface area contributed by atoms with Gasteiger partial charge in [-0.25, -0.2) is 0 Å². The Labute approximate surface area is 307 Å². The average molecular weight is 681 g/mol. The second kappa shape index (κ2) is 18.5. The maximum atomic E-state index is 13.8. The van der Waals surface area contributed by atoms with Gasteiger partial charge in [0, 0.05) is 22.7 Å². The Balaban J connectivity index is 0.00000384. The summed E-state index contributed by atoms with van der Waals surface area (Å²) in [5, 5.41) is 3.80. The first-order chi connectivity index (χ1) is 21.4. The van der Waals surface area contributed by atoms with Crippen LogP contribution in [-0.4, -0.2) is 22.9 Å². The molecule has 0 bridgehead atoms. The van der Waals surface area contributed by atoms with Crippen LogP contribution in [0.5, 0.6) is 0 Å². The molecule has 1 atom stereocenters. The number of rotatable bonds is 12. The van der Waals surface area contributed by atoms with E-state index < -0.39 is 16.6 Å². The summed E-state index contributed by atoms with van der Waals surface area (Å²) in [6.07, 6.45) is 5.15. The Bertz CT molecular complexity index is 1740. The number of halogens is 1. The quantitative estimate of drug-likeness (QED) is 0.105. The fourth-order valence-corrected chi connectivity index (χ4v) is 5.63. The number of allylic oxidation sites excluding steroid dienone is 1. The van der Waals surface area contributed by atoms with E-state index in [1.54, 1.807) is 12.1 Å². The van der Waals surface area contributed by atoms with Crippen LogP contribution in [0.4, 0.5) is 5.69 Å². The van der Waals surface area contributed by atoms with Crippen molar-refractivity contribution in [3.05, 3.63) is 130 Å². The van der Waals surface area contributed by atoms with Gasteiger partial charge in [-0.05, 0) is 76.4 Å². The van der Waals surface area contributed by atoms with E-state index in [-0.39, 0.29) is 64.3 Å². The Morgan fingerprint density at radius 1 is 0.894 bits per heavy atom. The van der Waals surface area contributed by atoms with Gasteiger partial charge in [0.1, 0.15) is 0 Å². The van der Waals surface area contributed by atoms with Gasteiger partial charge in [0.15, 0.2) is 5.78 Å². The maximum Gasteiger partial charge on any atom is 1.00 e. The Hall–Kier alpha value is -3.04. The van der Waals surface area contributed by atoms with Crippen LogP contribution in [0.15, 0.2) is 97.1 Å². The van der Waals surface area contributed by atoms with Crippen LogP contribution in [0.25, 0.3) is 17.2 Å².